The molecule has 4 nitrogen and oxygen atoms in total. The van der Waals surface area contributed by atoms with E-state index in [4.69, 9.17) is 4.52 Å². The first-order chi connectivity index (χ1) is 5.72. The van der Waals surface area contributed by atoms with Gasteiger partial charge in [0.25, 0.3) is 0 Å². The number of carbonyl (C=O) groups is 1. The molecule has 12 heavy (non-hydrogen) atoms. The summed E-state index contributed by atoms with van der Waals surface area (Å²) in [5, 5.41) is 6.12. The van der Waals surface area contributed by atoms with Crippen LogP contribution in [-0.4, -0.2) is 11.1 Å². The van der Waals surface area contributed by atoms with Crippen LogP contribution in [0.25, 0.3) is 0 Å². The summed E-state index contributed by atoms with van der Waals surface area (Å²) in [5.74, 6) is 0.157. The Kier molecular flexibility index (Phi) is 2.63. The molecule has 0 aromatic carbocycles. The highest BCUT2D eigenvalue weighted by atomic mass is 16.5. The topological polar surface area (TPSA) is 55.1 Å². The maximum atomic E-state index is 10.9. The quantitative estimate of drug-likeness (QED) is 0.677. The maximum absolute atomic E-state index is 10.9. The summed E-state index contributed by atoms with van der Waals surface area (Å²) in [6.07, 6.45) is 3.07. The zero-order chi connectivity index (χ0) is 8.97. The van der Waals surface area contributed by atoms with Crippen LogP contribution in [0, 0.1) is 6.92 Å². The van der Waals surface area contributed by atoms with E-state index in [1.54, 1.807) is 26.0 Å². The SMILES string of the molecule is CC=CC(=O)Nc1cc(C)no1. The predicted molar refractivity (Wildman–Crippen MR) is 44.7 cm³/mol. The van der Waals surface area contributed by atoms with Gasteiger partial charge in [-0.3, -0.25) is 10.1 Å². The Morgan fingerprint density at radius 2 is 2.50 bits per heavy atom. The summed E-state index contributed by atoms with van der Waals surface area (Å²) in [6, 6.07) is 1.65. The Bertz CT molecular complexity index is 302. The molecule has 0 aliphatic heterocycles. The number of anilines is 1. The molecule has 1 aromatic heterocycles. The van der Waals surface area contributed by atoms with E-state index < -0.39 is 0 Å². The van der Waals surface area contributed by atoms with Gasteiger partial charge in [-0.15, -0.1) is 0 Å². The van der Waals surface area contributed by atoms with Gasteiger partial charge in [-0.25, -0.2) is 0 Å². The van der Waals surface area contributed by atoms with Crippen LogP contribution in [0.1, 0.15) is 12.6 Å². The molecule has 1 rings (SSSR count). The van der Waals surface area contributed by atoms with Crippen molar-refractivity contribution in [3.05, 3.63) is 23.9 Å². The molecule has 0 saturated carbocycles. The lowest BCUT2D eigenvalue weighted by Gasteiger charge is -1.92. The Morgan fingerprint density at radius 1 is 1.75 bits per heavy atom. The Labute approximate surface area is 70.2 Å². The molecule has 4 heteroatoms. The van der Waals surface area contributed by atoms with Gasteiger partial charge in [0.15, 0.2) is 0 Å². The molecule has 0 spiro atoms. The molecule has 0 radical (unpaired) electrons. The summed E-state index contributed by atoms with van der Waals surface area (Å²) < 4.78 is 4.77. The van der Waals surface area contributed by atoms with Gasteiger partial charge in [0.05, 0.1) is 5.69 Å². The first-order valence-corrected chi connectivity index (χ1v) is 3.59. The van der Waals surface area contributed by atoms with Gasteiger partial charge in [-0.2, -0.15) is 0 Å². The van der Waals surface area contributed by atoms with Crippen LogP contribution < -0.4 is 5.32 Å². The molecule has 1 amide bonds. The molecular formula is C8H10N2O2. The van der Waals surface area contributed by atoms with Crippen molar-refractivity contribution in [3.8, 4) is 0 Å². The minimum Gasteiger partial charge on any atom is -0.338 e. The van der Waals surface area contributed by atoms with Gasteiger partial charge in [0.2, 0.25) is 11.8 Å². The van der Waals surface area contributed by atoms with E-state index in [1.807, 2.05) is 0 Å². The summed E-state index contributed by atoms with van der Waals surface area (Å²) in [4.78, 5) is 10.9. The number of aromatic nitrogens is 1. The highest BCUT2D eigenvalue weighted by molar-refractivity contribution is 5.98. The zero-order valence-corrected chi connectivity index (χ0v) is 7.00. The first kappa shape index (κ1) is 8.52. The largest absolute Gasteiger partial charge is 0.338 e. The predicted octanol–water partition coefficient (Wildman–Crippen LogP) is 1.50. The summed E-state index contributed by atoms with van der Waals surface area (Å²) in [7, 11) is 0. The van der Waals surface area contributed by atoms with Crippen LogP contribution in [-0.2, 0) is 4.79 Å². The Balaban J connectivity index is 2.58. The fourth-order valence-electron chi connectivity index (χ4n) is 0.737. The first-order valence-electron chi connectivity index (χ1n) is 3.59. The van der Waals surface area contributed by atoms with Crippen molar-refractivity contribution in [2.75, 3.05) is 5.32 Å². The summed E-state index contributed by atoms with van der Waals surface area (Å²) >= 11 is 0. The fraction of sp³-hybridized carbons (Fsp3) is 0.250. The van der Waals surface area contributed by atoms with E-state index in [0.717, 1.165) is 5.69 Å². The van der Waals surface area contributed by atoms with Crippen molar-refractivity contribution in [1.82, 2.24) is 5.16 Å². The molecule has 1 N–H and O–H groups in total. The van der Waals surface area contributed by atoms with Gasteiger partial charge < -0.3 is 4.52 Å². The monoisotopic (exact) mass is 166 g/mol. The van der Waals surface area contributed by atoms with E-state index in [1.165, 1.54) is 6.08 Å². The average Bonchev–Trinajstić information content (AvgIpc) is 2.36. The van der Waals surface area contributed by atoms with Crippen LogP contribution in [0.4, 0.5) is 5.88 Å². The number of hydrogen-bond acceptors (Lipinski definition) is 3. The standard InChI is InChI=1S/C8H10N2O2/c1-3-4-7(11)9-8-5-6(2)10-12-8/h3-5H,1-2H3,(H,9,11). The number of nitrogens with one attached hydrogen (secondary N) is 1. The normalized spacial score (nSPS) is 10.5. The lowest BCUT2D eigenvalue weighted by atomic mass is 10.4. The second-order valence-corrected chi connectivity index (χ2v) is 2.32. The molecule has 0 atom stereocenters. The second-order valence-electron chi connectivity index (χ2n) is 2.32. The molecule has 0 aliphatic rings. The van der Waals surface area contributed by atoms with Gasteiger partial charge >= 0.3 is 0 Å². The number of amides is 1. The molecule has 1 heterocycles. The number of nitrogens with zero attached hydrogens (tertiary/aromatic N) is 1. The minimum absolute atomic E-state index is 0.214. The lowest BCUT2D eigenvalue weighted by Crippen LogP contribution is -2.06. The highest BCUT2D eigenvalue weighted by Gasteiger charge is 2.01. The van der Waals surface area contributed by atoms with Crippen LogP contribution >= 0.6 is 0 Å². The van der Waals surface area contributed by atoms with Crippen LogP contribution in [0.2, 0.25) is 0 Å². The van der Waals surface area contributed by atoms with Crippen molar-refractivity contribution in [1.29, 1.82) is 0 Å². The second kappa shape index (κ2) is 3.71. The highest BCUT2D eigenvalue weighted by Crippen LogP contribution is 2.07. The van der Waals surface area contributed by atoms with Crippen LogP contribution in [0.5, 0.6) is 0 Å². The smallest absolute Gasteiger partial charge is 0.250 e. The summed E-state index contributed by atoms with van der Waals surface area (Å²) in [5.41, 5.74) is 0.741. The molecule has 0 unspecified atom stereocenters. The summed E-state index contributed by atoms with van der Waals surface area (Å²) in [6.45, 7) is 3.56. The van der Waals surface area contributed by atoms with Crippen molar-refractivity contribution in [2.45, 2.75) is 13.8 Å². The van der Waals surface area contributed by atoms with E-state index in [-0.39, 0.29) is 5.91 Å². The van der Waals surface area contributed by atoms with E-state index in [0.29, 0.717) is 5.88 Å². The van der Waals surface area contributed by atoms with Crippen LogP contribution in [0.15, 0.2) is 22.7 Å². The third-order valence-corrected chi connectivity index (χ3v) is 1.19. The molecule has 0 saturated heterocycles. The molecule has 64 valence electrons. The third-order valence-electron chi connectivity index (χ3n) is 1.19. The van der Waals surface area contributed by atoms with Crippen molar-refractivity contribution >= 4 is 11.8 Å². The van der Waals surface area contributed by atoms with Gasteiger partial charge in [-0.05, 0) is 19.9 Å². The van der Waals surface area contributed by atoms with E-state index >= 15 is 0 Å². The van der Waals surface area contributed by atoms with Crippen molar-refractivity contribution in [2.24, 2.45) is 0 Å². The van der Waals surface area contributed by atoms with E-state index in [9.17, 15) is 4.79 Å². The minimum atomic E-state index is -0.214. The molecule has 0 bridgehead atoms. The van der Waals surface area contributed by atoms with Crippen LogP contribution in [0.3, 0.4) is 0 Å². The molecule has 0 fully saturated rings. The van der Waals surface area contributed by atoms with E-state index in [2.05, 4.69) is 10.5 Å². The number of allylic oxidation sites excluding steroid dienone is 1. The van der Waals surface area contributed by atoms with Crippen molar-refractivity contribution in [3.63, 3.8) is 0 Å². The van der Waals surface area contributed by atoms with Gasteiger partial charge in [0, 0.05) is 6.07 Å². The molecule has 0 aliphatic carbocycles. The average molecular weight is 166 g/mol. The number of hydrogen-bond donors (Lipinski definition) is 1. The molecular weight excluding hydrogens is 156 g/mol. The number of rotatable bonds is 2. The number of carbonyl (C=O) groups excluding carboxylic acids is 1. The fourth-order valence-corrected chi connectivity index (χ4v) is 0.737. The maximum Gasteiger partial charge on any atom is 0.250 e. The molecule has 1 aromatic rings. The lowest BCUT2D eigenvalue weighted by molar-refractivity contribution is -0.112. The number of aryl methyl sites for hydroxylation is 1. The third kappa shape index (κ3) is 2.23. The van der Waals surface area contributed by atoms with Crippen molar-refractivity contribution < 1.29 is 9.32 Å². The Hall–Kier alpha value is -1.58. The van der Waals surface area contributed by atoms with Gasteiger partial charge in [0.1, 0.15) is 0 Å². The zero-order valence-electron chi connectivity index (χ0n) is 7.00. The van der Waals surface area contributed by atoms with Gasteiger partial charge in [-0.1, -0.05) is 11.2 Å². The Morgan fingerprint density at radius 3 is 3.00 bits per heavy atom.